The average molecular weight is 1060 g/mol. The Morgan fingerprint density at radius 3 is 1.95 bits per heavy atom. The topological polar surface area (TPSA) is 7.76 Å². The number of aromatic nitrogens is 2. The van der Waals surface area contributed by atoms with Crippen LogP contribution >= 0.6 is 11.3 Å². The summed E-state index contributed by atoms with van der Waals surface area (Å²) in [6.45, 7) is 31.7. The predicted octanol–water partition coefficient (Wildman–Crippen LogP) is 15.2. The van der Waals surface area contributed by atoms with Crippen molar-refractivity contribution in [2.75, 3.05) is 0 Å². The summed E-state index contributed by atoms with van der Waals surface area (Å²) in [5.74, 6) is 1.19. The van der Waals surface area contributed by atoms with Crippen LogP contribution in [0.2, 0.25) is 19.6 Å². The minimum Gasteiger partial charge on any atom is -0.343 e. The van der Waals surface area contributed by atoms with E-state index in [0.29, 0.717) is 11.8 Å². The van der Waals surface area contributed by atoms with Gasteiger partial charge < -0.3 is 9.13 Å². The Morgan fingerprint density at radius 1 is 0.625 bits per heavy atom. The molecule has 1 radical (unpaired) electrons. The van der Waals surface area contributed by atoms with Crippen LogP contribution in [0.3, 0.4) is 0 Å². The Kier molecular flexibility index (Phi) is 15.1. The maximum atomic E-state index is 4.43. The van der Waals surface area contributed by atoms with Gasteiger partial charge in [0.1, 0.15) is 0 Å². The first kappa shape index (κ1) is 48.4. The van der Waals surface area contributed by atoms with Crippen molar-refractivity contribution in [3.05, 3.63) is 188 Å². The van der Waals surface area contributed by atoms with Gasteiger partial charge in [-0.1, -0.05) is 149 Å². The summed E-state index contributed by atoms with van der Waals surface area (Å²) >= 11 is 1.86. The summed E-state index contributed by atoms with van der Waals surface area (Å²) in [7, 11) is 7.22. The molecule has 0 atom stereocenters. The van der Waals surface area contributed by atoms with Crippen LogP contribution in [0.1, 0.15) is 85.4 Å². The molecule has 5 aromatic carbocycles. The van der Waals surface area contributed by atoms with Crippen LogP contribution in [0.5, 0.6) is 0 Å². The molecule has 64 heavy (non-hydrogen) atoms. The smallest absolute Gasteiger partial charge is 0.0709 e. The van der Waals surface area contributed by atoms with E-state index in [9.17, 15) is 0 Å². The molecule has 0 fully saturated rings. The Bertz CT molecular complexity index is 2910. The van der Waals surface area contributed by atoms with E-state index in [0.717, 1.165) is 47.3 Å². The number of nitrogens with zero attached hydrogens (tertiary/aromatic N) is 2. The van der Waals surface area contributed by atoms with Crippen molar-refractivity contribution in [3.8, 4) is 44.8 Å². The fraction of sp³-hybridized carbons (Fsp3) is 0.254. The average Bonchev–Trinajstić information content (AvgIpc) is 3.60. The fourth-order valence-corrected chi connectivity index (χ4v) is 12.4. The van der Waals surface area contributed by atoms with Gasteiger partial charge >= 0.3 is 0 Å². The number of hydrogen-bond acceptors (Lipinski definition) is 1. The van der Waals surface area contributed by atoms with Gasteiger partial charge in [0.25, 0.3) is 0 Å². The summed E-state index contributed by atoms with van der Waals surface area (Å²) in [6.07, 6.45) is 7.76. The van der Waals surface area contributed by atoms with Gasteiger partial charge in [-0.25, -0.2) is 0 Å². The van der Waals surface area contributed by atoms with Gasteiger partial charge in [-0.15, -0.1) is 29.0 Å². The summed E-state index contributed by atoms with van der Waals surface area (Å²) < 4.78 is 6.66. The Labute approximate surface area is 403 Å². The van der Waals surface area contributed by atoms with E-state index >= 15 is 0 Å². The van der Waals surface area contributed by atoms with Crippen LogP contribution in [-0.4, -0.2) is 8.07 Å². The van der Waals surface area contributed by atoms with E-state index in [1.54, 1.807) is 0 Å². The predicted molar refractivity (Wildman–Crippen MR) is 277 cm³/mol. The molecule has 8 aromatic rings. The molecular formula is C59H66IrN2SSi-2. The molecule has 0 unspecified atom stereocenters. The maximum absolute atomic E-state index is 4.43. The van der Waals surface area contributed by atoms with E-state index in [1.807, 2.05) is 15.9 Å². The summed E-state index contributed by atoms with van der Waals surface area (Å²) in [4.78, 5) is 0. The molecule has 0 amide bonds. The van der Waals surface area contributed by atoms with Crippen molar-refractivity contribution in [2.45, 2.75) is 93.3 Å². The van der Waals surface area contributed by atoms with Gasteiger partial charge in [0.15, 0.2) is 0 Å². The van der Waals surface area contributed by atoms with Gasteiger partial charge in [-0.2, -0.15) is 37.1 Å². The second-order valence-electron chi connectivity index (χ2n) is 19.0. The molecule has 333 valence electrons. The van der Waals surface area contributed by atoms with Crippen LogP contribution in [-0.2, 0) is 26.5 Å². The van der Waals surface area contributed by atoms with E-state index in [-0.39, 0.29) is 20.1 Å². The van der Waals surface area contributed by atoms with Gasteiger partial charge in [0, 0.05) is 38.9 Å². The van der Waals surface area contributed by atoms with Crippen LogP contribution in [0, 0.1) is 54.6 Å². The minimum absolute atomic E-state index is 0. The number of pyridine rings is 2. The van der Waals surface area contributed by atoms with E-state index in [1.165, 1.54) is 81.0 Å². The zero-order valence-corrected chi connectivity index (χ0v) is 44.0. The van der Waals surface area contributed by atoms with Crippen molar-refractivity contribution in [1.29, 1.82) is 0 Å². The molecule has 5 heteroatoms. The molecule has 0 saturated carbocycles. The van der Waals surface area contributed by atoms with Crippen LogP contribution < -0.4 is 14.3 Å². The number of rotatable bonds is 10. The van der Waals surface area contributed by atoms with Crippen molar-refractivity contribution < 1.29 is 29.2 Å². The molecule has 0 aliphatic rings. The Balaban J connectivity index is 0.000000212. The third kappa shape index (κ3) is 9.94. The molecule has 0 N–H and O–H groups in total. The number of benzene rings is 5. The summed E-state index contributed by atoms with van der Waals surface area (Å²) in [5, 5.41) is 4.11. The van der Waals surface area contributed by atoms with Gasteiger partial charge in [-0.05, 0) is 111 Å². The fourth-order valence-electron chi connectivity index (χ4n) is 9.45. The molecule has 3 heterocycles. The number of thiophene rings is 1. The number of hydrogen-bond donors (Lipinski definition) is 0. The zero-order chi connectivity index (χ0) is 45.3. The molecule has 0 spiro atoms. The second-order valence-corrected chi connectivity index (χ2v) is 25.1. The number of aryl methyl sites for hydroxylation is 3. The first-order valence-electron chi connectivity index (χ1n) is 22.7. The Morgan fingerprint density at radius 2 is 1.31 bits per heavy atom. The molecular weight excluding hydrogens is 989 g/mol. The van der Waals surface area contributed by atoms with E-state index < -0.39 is 8.07 Å². The van der Waals surface area contributed by atoms with Crippen molar-refractivity contribution >= 4 is 44.8 Å². The second kappa shape index (κ2) is 20.0. The quantitative estimate of drug-likeness (QED) is 0.0733. The summed E-state index contributed by atoms with van der Waals surface area (Å²) in [6, 6.07) is 39.9. The first-order chi connectivity index (χ1) is 30.0. The molecule has 0 bridgehead atoms. The van der Waals surface area contributed by atoms with Crippen LogP contribution in [0.4, 0.5) is 0 Å². The van der Waals surface area contributed by atoms with Gasteiger partial charge in [-0.3, -0.25) is 0 Å². The standard InChI is InChI=1S/C32H32NS.C27H34NSi.Ir/c1-7-23(8-2)24-16-17-33(6)28(19-24)31-22(5)12-14-26-27-18-25(13-15-29(27)34-32(26)31)30-20(3)10-9-11-21(30)4;1-19(2)14-23-16-26(28(5)18-27(23)29(6,7)8)25-17-24(20(3)15-21(25)4)22-12-10-9-11-13-22;/h9-19,23H,5-8H2,1-4H3;9-13,15-19H,4-5,14H2,1-3,6-8H3;/q2*-1;. The molecule has 0 saturated heterocycles. The molecule has 8 rings (SSSR count). The molecule has 3 aromatic heterocycles. The zero-order valence-electron chi connectivity index (χ0n) is 39.8. The molecule has 0 aliphatic carbocycles. The molecule has 2 nitrogen and oxygen atoms in total. The first-order valence-corrected chi connectivity index (χ1v) is 27.0. The van der Waals surface area contributed by atoms with E-state index in [4.69, 9.17) is 0 Å². The molecule has 0 aliphatic heterocycles. The SMILES string of the molecule is [CH2-]c1cc(C)c(-c2ccccc2)cc1-c1cc(CC(C)C)c([Si](C)(C)C)c[n+]1[CH2-].[CH2-]c1ccc2c(sc3ccc(-c4c(C)cccc4C)cc32)c1-c1cc(C(CC)CC)cc[n+]1[CH2-].[Ir]. The normalized spacial score (nSPS) is 11.6. The van der Waals surface area contributed by atoms with Crippen molar-refractivity contribution in [1.82, 2.24) is 0 Å². The maximum Gasteiger partial charge on any atom is 0.0709 e. The van der Waals surface area contributed by atoms with Gasteiger partial charge in [0.2, 0.25) is 0 Å². The van der Waals surface area contributed by atoms with Crippen LogP contribution in [0.15, 0.2) is 122 Å². The van der Waals surface area contributed by atoms with Gasteiger partial charge in [0.05, 0.1) is 31.9 Å². The summed E-state index contributed by atoms with van der Waals surface area (Å²) in [5.41, 5.74) is 18.6. The van der Waals surface area contributed by atoms with Crippen molar-refractivity contribution in [2.24, 2.45) is 5.92 Å². The Hall–Kier alpha value is -5.03. The third-order valence-corrected chi connectivity index (χ3v) is 16.0. The largest absolute Gasteiger partial charge is 0.343 e. The van der Waals surface area contributed by atoms with E-state index in [2.05, 4.69) is 222 Å². The van der Waals surface area contributed by atoms with Crippen molar-refractivity contribution in [3.63, 3.8) is 0 Å². The monoisotopic (exact) mass is 1060 g/mol. The minimum atomic E-state index is -1.46. The third-order valence-electron chi connectivity index (χ3n) is 12.8. The van der Waals surface area contributed by atoms with Crippen LogP contribution in [0.25, 0.3) is 64.9 Å². The number of fused-ring (bicyclic) bond motifs is 3.